The number of ether oxygens (including phenoxy) is 1. The van der Waals surface area contributed by atoms with Gasteiger partial charge in [0.1, 0.15) is 0 Å². The minimum Gasteiger partial charge on any atom is -0.385 e. The van der Waals surface area contributed by atoms with Crippen LogP contribution in [0.5, 0.6) is 0 Å². The van der Waals surface area contributed by atoms with Gasteiger partial charge in [-0.1, -0.05) is 13.0 Å². The SMILES string of the molecule is CCCNC(CCCOC)Cc1cccnc1. The Hall–Kier alpha value is -0.930. The maximum absolute atomic E-state index is 5.11. The molecule has 0 aromatic carbocycles. The minimum atomic E-state index is 0.536. The summed E-state index contributed by atoms with van der Waals surface area (Å²) in [4.78, 5) is 4.16. The monoisotopic (exact) mass is 236 g/mol. The number of rotatable bonds is 9. The van der Waals surface area contributed by atoms with Gasteiger partial charge >= 0.3 is 0 Å². The van der Waals surface area contributed by atoms with Crippen molar-refractivity contribution < 1.29 is 4.74 Å². The Bertz CT molecular complexity index is 277. The zero-order valence-corrected chi connectivity index (χ0v) is 11.0. The highest BCUT2D eigenvalue weighted by Crippen LogP contribution is 2.07. The lowest BCUT2D eigenvalue weighted by atomic mass is 10.0. The Labute approximate surface area is 105 Å². The summed E-state index contributed by atoms with van der Waals surface area (Å²) in [5.41, 5.74) is 1.30. The fourth-order valence-corrected chi connectivity index (χ4v) is 1.90. The lowest BCUT2D eigenvalue weighted by molar-refractivity contribution is 0.188. The van der Waals surface area contributed by atoms with Gasteiger partial charge in [-0.3, -0.25) is 4.98 Å². The molecule has 1 aromatic heterocycles. The fraction of sp³-hybridized carbons (Fsp3) is 0.643. The van der Waals surface area contributed by atoms with Crippen LogP contribution in [-0.4, -0.2) is 31.3 Å². The molecule has 1 unspecified atom stereocenters. The van der Waals surface area contributed by atoms with Crippen molar-refractivity contribution in [3.05, 3.63) is 30.1 Å². The highest BCUT2D eigenvalue weighted by Gasteiger charge is 2.08. The smallest absolute Gasteiger partial charge is 0.0462 e. The van der Waals surface area contributed by atoms with Crippen LogP contribution in [0.1, 0.15) is 31.7 Å². The van der Waals surface area contributed by atoms with Gasteiger partial charge in [0.05, 0.1) is 0 Å². The van der Waals surface area contributed by atoms with E-state index in [4.69, 9.17) is 4.74 Å². The molecule has 17 heavy (non-hydrogen) atoms. The lowest BCUT2D eigenvalue weighted by Crippen LogP contribution is -2.32. The third kappa shape index (κ3) is 6.39. The van der Waals surface area contributed by atoms with Gasteiger partial charge in [0.2, 0.25) is 0 Å². The van der Waals surface area contributed by atoms with E-state index >= 15 is 0 Å². The van der Waals surface area contributed by atoms with Crippen LogP contribution in [-0.2, 0) is 11.2 Å². The minimum absolute atomic E-state index is 0.536. The summed E-state index contributed by atoms with van der Waals surface area (Å²) in [5.74, 6) is 0. The highest BCUT2D eigenvalue weighted by atomic mass is 16.5. The van der Waals surface area contributed by atoms with Crippen LogP contribution >= 0.6 is 0 Å². The van der Waals surface area contributed by atoms with Crippen molar-refractivity contribution in [3.63, 3.8) is 0 Å². The second kappa shape index (κ2) is 9.14. The van der Waals surface area contributed by atoms with Gasteiger partial charge in [0.25, 0.3) is 0 Å². The van der Waals surface area contributed by atoms with Crippen molar-refractivity contribution in [2.45, 2.75) is 38.6 Å². The van der Waals surface area contributed by atoms with Gasteiger partial charge in [0.15, 0.2) is 0 Å². The Morgan fingerprint density at radius 3 is 3.00 bits per heavy atom. The average molecular weight is 236 g/mol. The normalized spacial score (nSPS) is 12.6. The summed E-state index contributed by atoms with van der Waals surface area (Å²) in [5, 5.41) is 3.59. The van der Waals surface area contributed by atoms with Gasteiger partial charge in [0, 0.05) is 32.2 Å². The van der Waals surface area contributed by atoms with E-state index in [0.29, 0.717) is 6.04 Å². The van der Waals surface area contributed by atoms with Crippen LogP contribution in [0.15, 0.2) is 24.5 Å². The molecule has 1 rings (SSSR count). The number of hydrogen-bond donors (Lipinski definition) is 1. The third-order valence-corrected chi connectivity index (χ3v) is 2.79. The standard InChI is InChI=1S/C14H24N2O/c1-3-8-16-14(7-5-10-17-2)11-13-6-4-9-15-12-13/h4,6,9,12,14,16H,3,5,7-8,10-11H2,1-2H3. The molecule has 0 fully saturated rings. The molecular formula is C14H24N2O. The van der Waals surface area contributed by atoms with Crippen molar-refractivity contribution in [1.29, 1.82) is 0 Å². The van der Waals surface area contributed by atoms with E-state index in [0.717, 1.165) is 32.4 Å². The largest absolute Gasteiger partial charge is 0.385 e. The molecule has 3 heteroatoms. The van der Waals surface area contributed by atoms with E-state index in [9.17, 15) is 0 Å². The number of nitrogens with one attached hydrogen (secondary N) is 1. The van der Waals surface area contributed by atoms with Crippen molar-refractivity contribution in [2.24, 2.45) is 0 Å². The van der Waals surface area contributed by atoms with E-state index in [1.807, 2.05) is 18.5 Å². The Balaban J connectivity index is 2.39. The van der Waals surface area contributed by atoms with Gasteiger partial charge in [-0.05, 0) is 43.9 Å². The quantitative estimate of drug-likeness (QED) is 0.669. The Morgan fingerprint density at radius 2 is 2.35 bits per heavy atom. The van der Waals surface area contributed by atoms with Gasteiger partial charge in [-0.15, -0.1) is 0 Å². The molecular weight excluding hydrogens is 212 g/mol. The summed E-state index contributed by atoms with van der Waals surface area (Å²) in [6.45, 7) is 4.12. The first-order valence-corrected chi connectivity index (χ1v) is 6.48. The molecule has 96 valence electrons. The molecule has 0 aliphatic heterocycles. The number of hydrogen-bond acceptors (Lipinski definition) is 3. The van der Waals surface area contributed by atoms with Gasteiger partial charge in [-0.2, -0.15) is 0 Å². The number of nitrogens with zero attached hydrogens (tertiary/aromatic N) is 1. The number of aromatic nitrogens is 1. The maximum atomic E-state index is 5.11. The number of methoxy groups -OCH3 is 1. The first kappa shape index (κ1) is 14.1. The molecule has 1 N–H and O–H groups in total. The van der Waals surface area contributed by atoms with Gasteiger partial charge < -0.3 is 10.1 Å². The van der Waals surface area contributed by atoms with Crippen LogP contribution in [0, 0.1) is 0 Å². The molecule has 0 radical (unpaired) electrons. The van der Waals surface area contributed by atoms with Crippen LogP contribution in [0.2, 0.25) is 0 Å². The van der Waals surface area contributed by atoms with Gasteiger partial charge in [-0.25, -0.2) is 0 Å². The molecule has 0 bridgehead atoms. The van der Waals surface area contributed by atoms with E-state index in [-0.39, 0.29) is 0 Å². The van der Waals surface area contributed by atoms with E-state index in [1.54, 1.807) is 7.11 Å². The molecule has 1 atom stereocenters. The van der Waals surface area contributed by atoms with Crippen molar-refractivity contribution in [3.8, 4) is 0 Å². The molecule has 1 aromatic rings. The lowest BCUT2D eigenvalue weighted by Gasteiger charge is -2.18. The summed E-state index contributed by atoms with van der Waals surface area (Å²) in [6, 6.07) is 4.68. The van der Waals surface area contributed by atoms with Crippen LogP contribution in [0.25, 0.3) is 0 Å². The predicted octanol–water partition coefficient (Wildman–Crippen LogP) is 2.42. The highest BCUT2D eigenvalue weighted by molar-refractivity contribution is 5.10. The molecule has 1 heterocycles. The molecule has 0 saturated carbocycles. The second-order valence-electron chi connectivity index (χ2n) is 4.35. The summed E-state index contributed by atoms with van der Waals surface area (Å²) in [7, 11) is 1.76. The van der Waals surface area contributed by atoms with Crippen LogP contribution in [0.4, 0.5) is 0 Å². The second-order valence-corrected chi connectivity index (χ2v) is 4.35. The van der Waals surface area contributed by atoms with E-state index in [1.165, 1.54) is 12.0 Å². The molecule has 0 amide bonds. The topological polar surface area (TPSA) is 34.1 Å². The van der Waals surface area contributed by atoms with Crippen LogP contribution in [0.3, 0.4) is 0 Å². The third-order valence-electron chi connectivity index (χ3n) is 2.79. The van der Waals surface area contributed by atoms with Crippen LogP contribution < -0.4 is 5.32 Å². The number of pyridine rings is 1. The molecule has 3 nitrogen and oxygen atoms in total. The summed E-state index contributed by atoms with van der Waals surface area (Å²) >= 11 is 0. The summed E-state index contributed by atoms with van der Waals surface area (Å²) < 4.78 is 5.11. The van der Waals surface area contributed by atoms with Crippen molar-refractivity contribution in [2.75, 3.05) is 20.3 Å². The first-order valence-electron chi connectivity index (χ1n) is 6.48. The molecule has 0 aliphatic rings. The van der Waals surface area contributed by atoms with E-state index in [2.05, 4.69) is 23.3 Å². The zero-order chi connectivity index (χ0) is 12.3. The van der Waals surface area contributed by atoms with E-state index < -0.39 is 0 Å². The Morgan fingerprint density at radius 1 is 1.47 bits per heavy atom. The average Bonchev–Trinajstić information content (AvgIpc) is 2.37. The van der Waals surface area contributed by atoms with Crippen molar-refractivity contribution in [1.82, 2.24) is 10.3 Å². The maximum Gasteiger partial charge on any atom is 0.0462 e. The Kier molecular flexibility index (Phi) is 7.60. The predicted molar refractivity (Wildman–Crippen MR) is 71.1 cm³/mol. The summed E-state index contributed by atoms with van der Waals surface area (Å²) in [6.07, 6.45) is 8.27. The van der Waals surface area contributed by atoms with Crippen molar-refractivity contribution >= 4 is 0 Å². The molecule has 0 saturated heterocycles. The molecule has 0 spiro atoms. The first-order chi connectivity index (χ1) is 8.36. The zero-order valence-electron chi connectivity index (χ0n) is 11.0. The fourth-order valence-electron chi connectivity index (χ4n) is 1.90. The molecule has 0 aliphatic carbocycles.